The van der Waals surface area contributed by atoms with Crippen LogP contribution in [0.3, 0.4) is 0 Å². The Morgan fingerprint density at radius 1 is 1.35 bits per heavy atom. The van der Waals surface area contributed by atoms with E-state index in [-0.39, 0.29) is 5.92 Å². The molecule has 0 bridgehead atoms. The maximum atomic E-state index is 6.24. The summed E-state index contributed by atoms with van der Waals surface area (Å²) in [6, 6.07) is 3.83. The van der Waals surface area contributed by atoms with Gasteiger partial charge in [-0.25, -0.2) is 0 Å². The van der Waals surface area contributed by atoms with Gasteiger partial charge >= 0.3 is 0 Å². The summed E-state index contributed by atoms with van der Waals surface area (Å²) in [6.45, 7) is 2.63. The fourth-order valence-electron chi connectivity index (χ4n) is 2.31. The summed E-state index contributed by atoms with van der Waals surface area (Å²) in [4.78, 5) is 0. The lowest BCUT2D eigenvalue weighted by Crippen LogP contribution is -2.45. The van der Waals surface area contributed by atoms with Gasteiger partial charge in [0.05, 0.1) is 0 Å². The lowest BCUT2D eigenvalue weighted by molar-refractivity contribution is -0.138. The maximum Gasteiger partial charge on any atom is 0.251 e. The molecule has 1 spiro atoms. The van der Waals surface area contributed by atoms with Gasteiger partial charge in [-0.3, -0.25) is 0 Å². The second kappa shape index (κ2) is 3.79. The molecule has 0 aromatic heterocycles. The van der Waals surface area contributed by atoms with E-state index in [9.17, 15) is 0 Å². The van der Waals surface area contributed by atoms with Crippen molar-refractivity contribution >= 4 is 11.6 Å². The van der Waals surface area contributed by atoms with Crippen LogP contribution in [0.2, 0.25) is 5.02 Å². The van der Waals surface area contributed by atoms with E-state index in [0.29, 0.717) is 11.6 Å². The van der Waals surface area contributed by atoms with E-state index in [4.69, 9.17) is 26.8 Å². The Morgan fingerprint density at radius 3 is 2.53 bits per heavy atom. The van der Waals surface area contributed by atoms with E-state index in [2.05, 4.69) is 6.92 Å². The van der Waals surface area contributed by atoms with Gasteiger partial charge in [-0.05, 0) is 30.5 Å². The molecule has 92 valence electrons. The minimum Gasteiger partial charge on any atom is -0.448 e. The molecule has 4 heteroatoms. The molecule has 2 aliphatic rings. The summed E-state index contributed by atoms with van der Waals surface area (Å²) in [5.41, 5.74) is 6.71. The summed E-state index contributed by atoms with van der Waals surface area (Å²) >= 11 is 6.24. The molecule has 0 amide bonds. The van der Waals surface area contributed by atoms with Crippen LogP contribution in [0.4, 0.5) is 0 Å². The van der Waals surface area contributed by atoms with E-state index < -0.39 is 5.79 Å². The van der Waals surface area contributed by atoms with Crippen LogP contribution in [-0.2, 0) is 0 Å². The maximum absolute atomic E-state index is 6.24. The third-order valence-electron chi connectivity index (χ3n) is 3.65. The number of ether oxygens (including phenoxy) is 2. The van der Waals surface area contributed by atoms with Crippen LogP contribution in [-0.4, -0.2) is 12.3 Å². The van der Waals surface area contributed by atoms with Gasteiger partial charge in [0, 0.05) is 23.9 Å². The molecular formula is C13H16ClNO2. The molecular weight excluding hydrogens is 238 g/mol. The van der Waals surface area contributed by atoms with Gasteiger partial charge in [0.15, 0.2) is 11.5 Å². The van der Waals surface area contributed by atoms with Crippen LogP contribution in [0.15, 0.2) is 12.1 Å². The van der Waals surface area contributed by atoms with Crippen molar-refractivity contribution in [2.24, 2.45) is 5.73 Å². The number of halogens is 1. The number of fused-ring (bicyclic) bond motifs is 1. The number of hydrogen-bond donors (Lipinski definition) is 1. The van der Waals surface area contributed by atoms with Crippen molar-refractivity contribution in [3.63, 3.8) is 0 Å². The van der Waals surface area contributed by atoms with E-state index in [1.54, 1.807) is 0 Å². The highest BCUT2D eigenvalue weighted by Crippen LogP contribution is 2.50. The van der Waals surface area contributed by atoms with E-state index in [1.165, 1.54) is 0 Å². The first-order valence-corrected chi connectivity index (χ1v) is 6.43. The molecule has 1 aliphatic carbocycles. The first kappa shape index (κ1) is 11.2. The zero-order valence-corrected chi connectivity index (χ0v) is 10.6. The lowest BCUT2D eigenvalue weighted by Gasteiger charge is -2.35. The Hall–Kier alpha value is -0.930. The van der Waals surface area contributed by atoms with Gasteiger partial charge in [-0.1, -0.05) is 18.5 Å². The Bertz CT molecular complexity index is 457. The molecule has 1 aromatic rings. The van der Waals surface area contributed by atoms with Crippen molar-refractivity contribution in [1.82, 2.24) is 0 Å². The van der Waals surface area contributed by atoms with Crippen LogP contribution >= 0.6 is 11.6 Å². The van der Waals surface area contributed by atoms with Crippen molar-refractivity contribution in [3.8, 4) is 11.5 Å². The fraction of sp³-hybridized carbons (Fsp3) is 0.538. The predicted octanol–water partition coefficient (Wildman–Crippen LogP) is 3.05. The predicted molar refractivity (Wildman–Crippen MR) is 66.8 cm³/mol. The van der Waals surface area contributed by atoms with Gasteiger partial charge in [0.25, 0.3) is 5.79 Å². The quantitative estimate of drug-likeness (QED) is 0.881. The van der Waals surface area contributed by atoms with Crippen molar-refractivity contribution in [2.45, 2.75) is 37.9 Å². The highest BCUT2D eigenvalue weighted by atomic mass is 35.5. The standard InChI is InChI=1S/C13H16ClNO2/c1-8(7-15)9-5-11-12(6-10(9)14)17-13(16-11)3-2-4-13/h5-6,8H,2-4,7,15H2,1H3. The molecule has 1 heterocycles. The summed E-state index contributed by atoms with van der Waals surface area (Å²) < 4.78 is 11.7. The second-order valence-electron chi connectivity index (χ2n) is 4.93. The van der Waals surface area contributed by atoms with E-state index >= 15 is 0 Å². The molecule has 1 atom stereocenters. The normalized spacial score (nSPS) is 21.4. The molecule has 0 radical (unpaired) electrons. The van der Waals surface area contributed by atoms with Crippen LogP contribution in [0, 0.1) is 0 Å². The third-order valence-corrected chi connectivity index (χ3v) is 3.98. The molecule has 17 heavy (non-hydrogen) atoms. The molecule has 1 unspecified atom stereocenters. The number of hydrogen-bond acceptors (Lipinski definition) is 3. The van der Waals surface area contributed by atoms with Crippen LogP contribution in [0.5, 0.6) is 11.5 Å². The van der Waals surface area contributed by atoms with Crippen LogP contribution < -0.4 is 15.2 Å². The van der Waals surface area contributed by atoms with Gasteiger partial charge in [-0.2, -0.15) is 0 Å². The molecule has 2 N–H and O–H groups in total. The van der Waals surface area contributed by atoms with Crippen molar-refractivity contribution in [2.75, 3.05) is 6.54 Å². The molecule has 3 nitrogen and oxygen atoms in total. The monoisotopic (exact) mass is 253 g/mol. The van der Waals surface area contributed by atoms with E-state index in [0.717, 1.165) is 36.3 Å². The lowest BCUT2D eigenvalue weighted by atomic mass is 9.91. The Kier molecular flexibility index (Phi) is 2.49. The fourth-order valence-corrected chi connectivity index (χ4v) is 2.65. The molecule has 1 fully saturated rings. The zero-order chi connectivity index (χ0) is 12.0. The minimum absolute atomic E-state index is 0.231. The summed E-state index contributed by atoms with van der Waals surface area (Å²) in [5.74, 6) is 1.41. The summed E-state index contributed by atoms with van der Waals surface area (Å²) in [6.07, 6.45) is 3.08. The second-order valence-corrected chi connectivity index (χ2v) is 5.33. The molecule has 1 aromatic carbocycles. The van der Waals surface area contributed by atoms with Crippen LogP contribution in [0.1, 0.15) is 37.7 Å². The summed E-state index contributed by atoms with van der Waals surface area (Å²) in [5, 5.41) is 0.710. The van der Waals surface area contributed by atoms with Crippen LogP contribution in [0.25, 0.3) is 0 Å². The van der Waals surface area contributed by atoms with Crippen molar-refractivity contribution in [1.29, 1.82) is 0 Å². The number of benzene rings is 1. The number of nitrogens with two attached hydrogens (primary N) is 1. The molecule has 1 aliphatic heterocycles. The van der Waals surface area contributed by atoms with Crippen molar-refractivity contribution in [3.05, 3.63) is 22.7 Å². The SMILES string of the molecule is CC(CN)c1cc2c(cc1Cl)OC1(CCC1)O2. The minimum atomic E-state index is -0.393. The first-order chi connectivity index (χ1) is 8.13. The largest absolute Gasteiger partial charge is 0.448 e. The highest BCUT2D eigenvalue weighted by Gasteiger charge is 2.47. The van der Waals surface area contributed by atoms with Crippen molar-refractivity contribution < 1.29 is 9.47 Å². The molecule has 0 saturated heterocycles. The average molecular weight is 254 g/mol. The zero-order valence-electron chi connectivity index (χ0n) is 9.83. The molecule has 1 saturated carbocycles. The van der Waals surface area contributed by atoms with Gasteiger partial charge in [0.2, 0.25) is 0 Å². The van der Waals surface area contributed by atoms with Gasteiger partial charge < -0.3 is 15.2 Å². The van der Waals surface area contributed by atoms with E-state index in [1.807, 2.05) is 12.1 Å². The Morgan fingerprint density at radius 2 is 2.00 bits per heavy atom. The average Bonchev–Trinajstić information content (AvgIpc) is 2.65. The highest BCUT2D eigenvalue weighted by molar-refractivity contribution is 6.31. The Labute approximate surface area is 106 Å². The Balaban J connectivity index is 1.95. The summed E-state index contributed by atoms with van der Waals surface area (Å²) in [7, 11) is 0. The number of rotatable bonds is 2. The van der Waals surface area contributed by atoms with Gasteiger partial charge in [-0.15, -0.1) is 0 Å². The third kappa shape index (κ3) is 1.69. The van der Waals surface area contributed by atoms with Gasteiger partial charge in [0.1, 0.15) is 0 Å². The smallest absolute Gasteiger partial charge is 0.251 e. The topological polar surface area (TPSA) is 44.5 Å². The molecule has 3 rings (SSSR count). The first-order valence-electron chi connectivity index (χ1n) is 6.05.